The van der Waals surface area contributed by atoms with E-state index in [2.05, 4.69) is 19.2 Å². The van der Waals surface area contributed by atoms with Gasteiger partial charge in [0.05, 0.1) is 13.2 Å². The van der Waals surface area contributed by atoms with E-state index in [0.717, 1.165) is 17.7 Å². The first-order chi connectivity index (χ1) is 9.85. The van der Waals surface area contributed by atoms with Gasteiger partial charge in [-0.05, 0) is 32.3 Å². The van der Waals surface area contributed by atoms with Crippen LogP contribution in [0.2, 0.25) is 0 Å². The van der Waals surface area contributed by atoms with Crippen LogP contribution in [0.4, 0.5) is 0 Å². The van der Waals surface area contributed by atoms with E-state index in [1.807, 2.05) is 38.1 Å². The average Bonchev–Trinajstić information content (AvgIpc) is 2.67. The molecule has 4 nitrogen and oxygen atoms in total. The number of carbonyl (C=O) groups excluding carboxylic acids is 1. The molecule has 0 spiro atoms. The summed E-state index contributed by atoms with van der Waals surface area (Å²) in [6.45, 7) is 8.27. The maximum atomic E-state index is 12.0. The minimum atomic E-state index is -0.396. The van der Waals surface area contributed by atoms with Crippen molar-refractivity contribution in [3.8, 4) is 5.75 Å². The molecule has 0 bridgehead atoms. The van der Waals surface area contributed by atoms with Crippen LogP contribution >= 0.6 is 0 Å². The molecular formula is C17H25NO3. The normalized spacial score (nSPS) is 20.8. The van der Waals surface area contributed by atoms with Crippen LogP contribution in [-0.2, 0) is 9.53 Å². The van der Waals surface area contributed by atoms with Crippen molar-refractivity contribution in [1.82, 2.24) is 5.32 Å². The highest BCUT2D eigenvalue weighted by Gasteiger charge is 2.42. The van der Waals surface area contributed by atoms with Crippen molar-refractivity contribution < 1.29 is 14.3 Å². The summed E-state index contributed by atoms with van der Waals surface area (Å²) >= 11 is 0. The van der Waals surface area contributed by atoms with Crippen LogP contribution in [0.3, 0.4) is 0 Å². The second-order valence-electron chi connectivity index (χ2n) is 6.55. The Bertz CT molecular complexity index is 511. The molecule has 1 aromatic rings. The Hall–Kier alpha value is -1.55. The molecule has 0 aliphatic carbocycles. The van der Waals surface area contributed by atoms with Crippen molar-refractivity contribution in [3.05, 3.63) is 29.8 Å². The molecule has 0 saturated carbocycles. The Morgan fingerprint density at radius 2 is 2.05 bits per heavy atom. The smallest absolute Gasteiger partial charge is 0.322 e. The predicted molar refractivity (Wildman–Crippen MR) is 82.3 cm³/mol. The minimum absolute atomic E-state index is 0.0310. The largest absolute Gasteiger partial charge is 0.486 e. The second-order valence-corrected chi connectivity index (χ2v) is 6.55. The molecule has 0 amide bonds. The first-order valence-electron chi connectivity index (χ1n) is 7.47. The fraction of sp³-hybridized carbons (Fsp3) is 0.588. The predicted octanol–water partition coefficient (Wildman–Crippen LogP) is 3.08. The quantitative estimate of drug-likeness (QED) is 0.847. The summed E-state index contributed by atoms with van der Waals surface area (Å²) in [6.07, 6.45) is 0.738. The Morgan fingerprint density at radius 1 is 1.38 bits per heavy atom. The molecule has 4 heteroatoms. The zero-order valence-electron chi connectivity index (χ0n) is 13.5. The Balaban J connectivity index is 2.24. The summed E-state index contributed by atoms with van der Waals surface area (Å²) in [4.78, 5) is 12.0. The van der Waals surface area contributed by atoms with Gasteiger partial charge in [0.15, 0.2) is 0 Å². The summed E-state index contributed by atoms with van der Waals surface area (Å²) in [7, 11) is 1.43. The lowest BCUT2D eigenvalue weighted by atomic mass is 9.92. The molecule has 1 aliphatic heterocycles. The van der Waals surface area contributed by atoms with Gasteiger partial charge in [-0.15, -0.1) is 0 Å². The number of esters is 1. The zero-order chi connectivity index (χ0) is 15.6. The first-order valence-corrected chi connectivity index (χ1v) is 7.47. The highest BCUT2D eigenvalue weighted by atomic mass is 16.5. The van der Waals surface area contributed by atoms with Crippen molar-refractivity contribution >= 4 is 5.97 Å². The standard InChI is InChI=1S/C17H25NO3/c1-11(2)10-13(16(19)20-5)18-15-12-8-6-7-9-14(12)21-17(15,3)4/h6-9,11,13,15,18H,10H2,1-5H3. The summed E-state index contributed by atoms with van der Waals surface area (Å²) in [5.74, 6) is 1.07. The van der Waals surface area contributed by atoms with Crippen LogP contribution in [0.5, 0.6) is 5.75 Å². The highest BCUT2D eigenvalue weighted by molar-refractivity contribution is 5.75. The number of fused-ring (bicyclic) bond motifs is 1. The number of carbonyl (C=O) groups is 1. The van der Waals surface area contributed by atoms with Gasteiger partial charge in [-0.1, -0.05) is 32.0 Å². The van der Waals surface area contributed by atoms with Crippen LogP contribution in [0.15, 0.2) is 24.3 Å². The fourth-order valence-corrected chi connectivity index (χ4v) is 2.87. The lowest BCUT2D eigenvalue weighted by Gasteiger charge is -2.30. The third kappa shape index (κ3) is 3.38. The molecule has 1 aliphatic rings. The molecule has 0 aromatic heterocycles. The van der Waals surface area contributed by atoms with E-state index < -0.39 is 5.60 Å². The Labute approximate surface area is 126 Å². The van der Waals surface area contributed by atoms with Gasteiger partial charge in [0.1, 0.15) is 17.4 Å². The number of benzene rings is 1. The number of hydrogen-bond acceptors (Lipinski definition) is 4. The van der Waals surface area contributed by atoms with Gasteiger partial charge in [-0.2, -0.15) is 0 Å². The Morgan fingerprint density at radius 3 is 2.67 bits per heavy atom. The van der Waals surface area contributed by atoms with Gasteiger partial charge in [0, 0.05) is 5.56 Å². The van der Waals surface area contributed by atoms with Gasteiger partial charge in [-0.25, -0.2) is 0 Å². The first kappa shape index (κ1) is 15.8. The molecule has 2 rings (SSSR count). The van der Waals surface area contributed by atoms with Crippen LogP contribution in [0, 0.1) is 5.92 Å². The van der Waals surface area contributed by atoms with Gasteiger partial charge in [0.25, 0.3) is 0 Å². The number of ether oxygens (including phenoxy) is 2. The van der Waals surface area contributed by atoms with E-state index in [0.29, 0.717) is 5.92 Å². The molecule has 21 heavy (non-hydrogen) atoms. The molecule has 1 heterocycles. The van der Waals surface area contributed by atoms with Gasteiger partial charge in [0.2, 0.25) is 0 Å². The van der Waals surface area contributed by atoms with Gasteiger partial charge >= 0.3 is 5.97 Å². The van der Waals surface area contributed by atoms with Gasteiger partial charge < -0.3 is 9.47 Å². The molecule has 0 saturated heterocycles. The Kier molecular flexibility index (Phi) is 4.57. The van der Waals surface area contributed by atoms with Crippen molar-refractivity contribution in [2.24, 2.45) is 5.92 Å². The van der Waals surface area contributed by atoms with Crippen LogP contribution in [0.25, 0.3) is 0 Å². The van der Waals surface area contributed by atoms with Crippen molar-refractivity contribution in [2.45, 2.75) is 51.8 Å². The number of rotatable bonds is 5. The van der Waals surface area contributed by atoms with E-state index in [9.17, 15) is 4.79 Å². The van der Waals surface area contributed by atoms with E-state index in [4.69, 9.17) is 9.47 Å². The topological polar surface area (TPSA) is 47.6 Å². The third-order valence-corrected chi connectivity index (χ3v) is 3.86. The zero-order valence-corrected chi connectivity index (χ0v) is 13.5. The summed E-state index contributed by atoms with van der Waals surface area (Å²) in [5.41, 5.74) is 0.701. The van der Waals surface area contributed by atoms with Crippen LogP contribution in [0.1, 0.15) is 45.7 Å². The maximum absolute atomic E-state index is 12.0. The SMILES string of the molecule is COC(=O)C(CC(C)C)NC1c2ccccc2OC1(C)C. The molecule has 1 aromatic carbocycles. The number of hydrogen-bond donors (Lipinski definition) is 1. The molecular weight excluding hydrogens is 266 g/mol. The second kappa shape index (κ2) is 6.06. The fourth-order valence-electron chi connectivity index (χ4n) is 2.87. The lowest BCUT2D eigenvalue weighted by molar-refractivity contribution is -0.144. The van der Waals surface area contributed by atoms with Crippen molar-refractivity contribution in [1.29, 1.82) is 0 Å². The van der Waals surface area contributed by atoms with E-state index in [-0.39, 0.29) is 18.1 Å². The summed E-state index contributed by atoms with van der Waals surface area (Å²) in [6, 6.07) is 7.61. The molecule has 2 unspecified atom stereocenters. The molecule has 0 radical (unpaired) electrons. The monoisotopic (exact) mass is 291 g/mol. The van der Waals surface area contributed by atoms with Gasteiger partial charge in [-0.3, -0.25) is 10.1 Å². The highest BCUT2D eigenvalue weighted by Crippen LogP contribution is 2.43. The van der Waals surface area contributed by atoms with Crippen LogP contribution in [-0.4, -0.2) is 24.7 Å². The summed E-state index contributed by atoms with van der Waals surface area (Å²) < 4.78 is 10.9. The van der Waals surface area contributed by atoms with E-state index in [1.54, 1.807) is 0 Å². The van der Waals surface area contributed by atoms with E-state index in [1.165, 1.54) is 7.11 Å². The average molecular weight is 291 g/mol. The molecule has 2 atom stereocenters. The number of para-hydroxylation sites is 1. The molecule has 1 N–H and O–H groups in total. The van der Waals surface area contributed by atoms with E-state index >= 15 is 0 Å². The summed E-state index contributed by atoms with van der Waals surface area (Å²) in [5, 5.41) is 3.44. The van der Waals surface area contributed by atoms with Crippen LogP contribution < -0.4 is 10.1 Å². The lowest BCUT2D eigenvalue weighted by Crippen LogP contribution is -2.47. The maximum Gasteiger partial charge on any atom is 0.322 e. The minimum Gasteiger partial charge on any atom is -0.486 e. The van der Waals surface area contributed by atoms with Crippen molar-refractivity contribution in [3.63, 3.8) is 0 Å². The van der Waals surface area contributed by atoms with Crippen molar-refractivity contribution in [2.75, 3.05) is 7.11 Å². The molecule has 116 valence electrons. The number of nitrogens with one attached hydrogen (secondary N) is 1. The molecule has 0 fully saturated rings. The number of methoxy groups -OCH3 is 1. The third-order valence-electron chi connectivity index (χ3n) is 3.86.